The maximum Gasteiger partial charge on any atom is 0.307 e. The largest absolute Gasteiger partial charge is 0.465 e. The Morgan fingerprint density at radius 3 is 0.722 bits per heavy atom. The molecule has 0 radical (unpaired) electrons. The van der Waals surface area contributed by atoms with Crippen LogP contribution in [0.1, 0.15) is 185 Å². The summed E-state index contributed by atoms with van der Waals surface area (Å²) in [6.07, 6.45) is 13.3. The Kier molecular flexibility index (Phi) is 44.9. The number of hydrogen-bond acceptors (Lipinski definition) is 37. The van der Waals surface area contributed by atoms with Crippen LogP contribution >= 0.6 is 0 Å². The first-order valence-electron chi connectivity index (χ1n) is 40.9. The maximum absolute atomic E-state index is 13.8. The van der Waals surface area contributed by atoms with Crippen LogP contribution in [-0.2, 0) is 176 Å². The van der Waals surface area contributed by atoms with Gasteiger partial charge in [-0.1, -0.05) is 37.5 Å². The Bertz CT molecular complexity index is 3760. The molecule has 4 rings (SSSR count). The van der Waals surface area contributed by atoms with Crippen LogP contribution in [0.2, 0.25) is 0 Å². The Morgan fingerprint density at radius 1 is 0.278 bits per heavy atom. The molecule has 4 aliphatic heterocycles. The van der Waals surface area contributed by atoms with Crippen LogP contribution in [0.15, 0.2) is 0 Å². The van der Waals surface area contributed by atoms with Gasteiger partial charge in [-0.3, -0.25) is 76.7 Å². The van der Waals surface area contributed by atoms with Gasteiger partial charge in [-0.05, 0) is 68.2 Å². The maximum atomic E-state index is 13.8. The highest BCUT2D eigenvalue weighted by atomic mass is 16.7. The number of amides is 4. The summed E-state index contributed by atoms with van der Waals surface area (Å²) < 4.78 is 118. The van der Waals surface area contributed by atoms with Gasteiger partial charge in [-0.25, -0.2) is 0 Å². The van der Waals surface area contributed by atoms with E-state index in [-0.39, 0.29) is 157 Å². The van der Waals surface area contributed by atoms with Crippen LogP contribution in [0.4, 0.5) is 0 Å². The third-order valence-electron chi connectivity index (χ3n) is 19.7. The first-order valence-corrected chi connectivity index (χ1v) is 40.9. The summed E-state index contributed by atoms with van der Waals surface area (Å²) >= 11 is 0. The minimum atomic E-state index is -1.52. The van der Waals surface area contributed by atoms with Crippen molar-refractivity contribution in [2.24, 2.45) is 16.2 Å². The fraction of sp³-hybridized carbons (Fsp3) is 0.718. The molecule has 1 unspecified atom stereocenters. The standard InChI is InChI=1S/C85H120N4O37/c1-15-37-107-64(94)25-21-60(90)86-41-82(49-119-76(7,8)120-50-82)48-115-72(102)30-29-68(98)111-44-80(19-5,45-112-69(99)31-34-73(103)116-51-83(54-121-77(9,10)122-55-83)87-61(91)22-26-65(95)108-38-16-2)42-106-43-81(20-6,46-113-70(100)32-35-74(104)117-52-84(56-123-78(11,12)124-57-84)88-62(92)23-27-66(96)109-39-17-3)47-114-71(101)33-36-75(105)118-53-85(58-125-79(13,14)126-59-85)89-63(93)24-28-67(97)110-40-18-4/h1-4H,19-59H2,5-14H3,(H,86,90)(H,87,91)(H,88,92)(H,89,93). The van der Waals surface area contributed by atoms with E-state index >= 15 is 0 Å². The Hall–Kier alpha value is -10.6. The van der Waals surface area contributed by atoms with Crippen LogP contribution in [0.5, 0.6) is 0 Å². The number of carbonyl (C=O) groups is 16. The first kappa shape index (κ1) is 108. The van der Waals surface area contributed by atoms with E-state index in [1.165, 1.54) is 0 Å². The van der Waals surface area contributed by atoms with Crippen molar-refractivity contribution in [2.45, 2.75) is 225 Å². The van der Waals surface area contributed by atoms with Crippen LogP contribution in [-0.4, -0.2) is 287 Å². The summed E-state index contributed by atoms with van der Waals surface area (Å²) in [5.41, 5.74) is -8.55. The number of esters is 12. The fourth-order valence-corrected chi connectivity index (χ4v) is 11.3. The fourth-order valence-electron chi connectivity index (χ4n) is 11.3. The molecule has 4 amide bonds. The van der Waals surface area contributed by atoms with E-state index in [0.717, 1.165) is 0 Å². The smallest absolute Gasteiger partial charge is 0.307 e. The number of rotatable bonds is 55. The van der Waals surface area contributed by atoms with Crippen molar-refractivity contribution in [1.82, 2.24) is 21.3 Å². The van der Waals surface area contributed by atoms with Gasteiger partial charge in [0.05, 0.1) is 159 Å². The monoisotopic (exact) mass is 1790 g/mol. The predicted octanol–water partition coefficient (Wildman–Crippen LogP) is 1.89. The highest BCUT2D eigenvalue weighted by molar-refractivity contribution is 5.85. The second-order valence-corrected chi connectivity index (χ2v) is 32.6. The van der Waals surface area contributed by atoms with Gasteiger partial charge >= 0.3 is 71.6 Å². The normalized spacial score (nSPS) is 17.5. The van der Waals surface area contributed by atoms with E-state index < -0.39 is 262 Å². The van der Waals surface area contributed by atoms with Gasteiger partial charge in [0.2, 0.25) is 23.6 Å². The zero-order valence-corrected chi connectivity index (χ0v) is 73.4. The van der Waals surface area contributed by atoms with Gasteiger partial charge in [-0.2, -0.15) is 0 Å². The summed E-state index contributed by atoms with van der Waals surface area (Å²) in [6, 6.07) is 0. The van der Waals surface area contributed by atoms with Crippen LogP contribution < -0.4 is 21.3 Å². The zero-order valence-electron chi connectivity index (χ0n) is 73.4. The highest BCUT2D eigenvalue weighted by Crippen LogP contribution is 2.34. The van der Waals surface area contributed by atoms with E-state index in [0.29, 0.717) is 0 Å². The number of ether oxygens (including phenoxy) is 21. The van der Waals surface area contributed by atoms with Crippen molar-refractivity contribution in [1.29, 1.82) is 0 Å². The molecule has 41 heteroatoms. The molecule has 1 atom stereocenters. The Morgan fingerprint density at radius 2 is 0.484 bits per heavy atom. The third-order valence-corrected chi connectivity index (χ3v) is 19.7. The lowest BCUT2D eigenvalue weighted by Gasteiger charge is -2.43. The van der Waals surface area contributed by atoms with E-state index in [1.807, 2.05) is 0 Å². The molecular formula is C85H120N4O37. The number of hydrogen-bond donors (Lipinski definition) is 4. The quantitative estimate of drug-likeness (QED) is 0.0384. The highest BCUT2D eigenvalue weighted by Gasteiger charge is 2.48. The molecule has 4 fully saturated rings. The van der Waals surface area contributed by atoms with E-state index in [1.54, 1.807) is 69.2 Å². The van der Waals surface area contributed by atoms with Gasteiger partial charge in [0.25, 0.3) is 0 Å². The topological polar surface area (TPSA) is 515 Å². The lowest BCUT2D eigenvalue weighted by molar-refractivity contribution is -0.289. The zero-order chi connectivity index (χ0) is 93.7. The van der Waals surface area contributed by atoms with Gasteiger partial charge in [0.1, 0.15) is 69.5 Å². The van der Waals surface area contributed by atoms with Crippen molar-refractivity contribution in [3.8, 4) is 49.4 Å². The molecule has 0 aromatic heterocycles. The summed E-state index contributed by atoms with van der Waals surface area (Å²) in [6.45, 7) is 8.23. The number of nitrogens with one attached hydrogen (secondary N) is 4. The van der Waals surface area contributed by atoms with Gasteiger partial charge in [-0.15, -0.1) is 25.7 Å². The second-order valence-electron chi connectivity index (χ2n) is 32.6. The predicted molar refractivity (Wildman–Crippen MR) is 429 cm³/mol. The van der Waals surface area contributed by atoms with Crippen molar-refractivity contribution in [3.05, 3.63) is 0 Å². The van der Waals surface area contributed by atoms with Crippen LogP contribution in [0.25, 0.3) is 0 Å². The number of carbonyl (C=O) groups excluding carboxylic acids is 16. The van der Waals surface area contributed by atoms with E-state index in [9.17, 15) is 76.7 Å². The SMILES string of the molecule is C#CCOC(=O)CCC(=O)NCC1(COC(=O)CCC(=O)OCC(CC)(COCC(CC)(COC(=O)CCC(=O)OCC2(NC(=O)CCC(=O)OCC#C)COC(C)(C)OC2)COC(=O)CCC(=O)OCC2(NC(=O)CCC(=O)OCC#C)COC(C)(C)OC2)COC(=O)CCC(=O)OCC2(NC(=O)CCC(=O)OCC#C)COC(C)(C)OC2)COC(C)(C)OC1. The van der Waals surface area contributed by atoms with Crippen LogP contribution in [0, 0.1) is 65.6 Å². The molecule has 4 saturated heterocycles. The molecule has 0 aromatic rings. The Balaban J connectivity index is 1.59. The van der Waals surface area contributed by atoms with Crippen molar-refractivity contribution < 1.29 is 176 Å². The van der Waals surface area contributed by atoms with Gasteiger partial charge < -0.3 is 121 Å². The molecule has 4 aliphatic rings. The van der Waals surface area contributed by atoms with Crippen molar-refractivity contribution in [2.75, 3.05) is 152 Å². The van der Waals surface area contributed by atoms with Gasteiger partial charge in [0.15, 0.2) is 49.6 Å². The van der Waals surface area contributed by atoms with Gasteiger partial charge in [0, 0.05) is 32.2 Å². The summed E-state index contributed by atoms with van der Waals surface area (Å²) in [7, 11) is 0. The van der Waals surface area contributed by atoms with Crippen molar-refractivity contribution >= 4 is 95.3 Å². The summed E-state index contributed by atoms with van der Waals surface area (Å²) in [5, 5.41) is 10.8. The van der Waals surface area contributed by atoms with E-state index in [4.69, 9.17) is 125 Å². The number of terminal acetylenes is 4. The molecule has 126 heavy (non-hydrogen) atoms. The molecule has 0 bridgehead atoms. The molecule has 0 aliphatic carbocycles. The third kappa shape index (κ3) is 42.1. The van der Waals surface area contributed by atoms with Crippen molar-refractivity contribution in [3.63, 3.8) is 0 Å². The summed E-state index contributed by atoms with van der Waals surface area (Å²) in [5.74, 6) is -8.76. The minimum Gasteiger partial charge on any atom is -0.465 e. The minimum absolute atomic E-state index is 0.0193. The molecule has 4 N–H and O–H groups in total. The molecule has 4 heterocycles. The second kappa shape index (κ2) is 52.5. The Labute approximate surface area is 732 Å². The molecule has 0 aromatic carbocycles. The molecule has 41 nitrogen and oxygen atoms in total. The molecule has 702 valence electrons. The first-order chi connectivity index (χ1) is 59.4. The lowest BCUT2D eigenvalue weighted by Crippen LogP contribution is -2.63. The molecule has 0 saturated carbocycles. The molecule has 0 spiro atoms. The average molecular weight is 1790 g/mol. The average Bonchev–Trinajstić information content (AvgIpc) is 0.822. The summed E-state index contributed by atoms with van der Waals surface area (Å²) in [4.78, 5) is 209. The molecular weight excluding hydrogens is 1670 g/mol. The van der Waals surface area contributed by atoms with E-state index in [2.05, 4.69) is 44.9 Å². The lowest BCUT2D eigenvalue weighted by atomic mass is 9.86. The van der Waals surface area contributed by atoms with Crippen LogP contribution in [0.3, 0.4) is 0 Å².